The highest BCUT2D eigenvalue weighted by Gasteiger charge is 2.16. The van der Waals surface area contributed by atoms with Gasteiger partial charge in [-0.05, 0) is 38.3 Å². The summed E-state index contributed by atoms with van der Waals surface area (Å²) in [4.78, 5) is 4.37. The second-order valence-corrected chi connectivity index (χ2v) is 3.44. The van der Waals surface area contributed by atoms with E-state index in [1.807, 2.05) is 0 Å². The summed E-state index contributed by atoms with van der Waals surface area (Å²) in [6.07, 6.45) is 2.81. The second kappa shape index (κ2) is 5.48. The monoisotopic (exact) mass is 174 g/mol. The van der Waals surface area contributed by atoms with Gasteiger partial charge in [0.25, 0.3) is 0 Å². The first-order valence-electron chi connectivity index (χ1n) is 4.53. The first-order chi connectivity index (χ1) is 5.83. The molecule has 0 aliphatic carbocycles. The van der Waals surface area contributed by atoms with Gasteiger partial charge in [-0.2, -0.15) is 0 Å². The van der Waals surface area contributed by atoms with E-state index < -0.39 is 6.10 Å². The van der Waals surface area contributed by atoms with Gasteiger partial charge < -0.3 is 15.3 Å². The van der Waals surface area contributed by atoms with Crippen molar-refractivity contribution >= 4 is 0 Å². The van der Waals surface area contributed by atoms with Gasteiger partial charge in [0.2, 0.25) is 0 Å². The molecule has 0 bridgehead atoms. The van der Waals surface area contributed by atoms with Gasteiger partial charge in [0.15, 0.2) is 0 Å². The Morgan fingerprint density at radius 2 is 2.50 bits per heavy atom. The average Bonchev–Trinajstić information content (AvgIpc) is 2.06. The molecule has 4 N–H and O–H groups in total. The number of piperidine rings is 1. The predicted molar refractivity (Wildman–Crippen MR) is 46.4 cm³/mol. The number of nitrogens with one attached hydrogen (secondary N) is 1. The minimum absolute atomic E-state index is 0.247. The molecule has 1 aliphatic heterocycles. The maximum Gasteiger partial charge on any atom is 0.0938 e. The highest BCUT2D eigenvalue weighted by Crippen LogP contribution is 2.15. The fourth-order valence-electron chi connectivity index (χ4n) is 1.69. The van der Waals surface area contributed by atoms with Crippen LogP contribution in [0.2, 0.25) is 0 Å². The highest BCUT2D eigenvalue weighted by molar-refractivity contribution is 4.71. The molecule has 1 saturated heterocycles. The molecular formula is C8H18N2O2. The normalized spacial score (nSPS) is 27.0. The molecule has 0 amide bonds. The average molecular weight is 174 g/mol. The number of aliphatic hydroxyl groups excluding tert-OH is 1. The van der Waals surface area contributed by atoms with Gasteiger partial charge >= 0.3 is 0 Å². The van der Waals surface area contributed by atoms with Crippen molar-refractivity contribution in [2.75, 3.05) is 19.7 Å². The van der Waals surface area contributed by atoms with Gasteiger partial charge in [0.1, 0.15) is 0 Å². The molecule has 4 nitrogen and oxygen atoms in total. The van der Waals surface area contributed by atoms with Crippen molar-refractivity contribution in [1.29, 1.82) is 0 Å². The zero-order chi connectivity index (χ0) is 8.81. The van der Waals surface area contributed by atoms with E-state index >= 15 is 0 Å². The molecule has 72 valence electrons. The van der Waals surface area contributed by atoms with Gasteiger partial charge in [-0.15, -0.1) is 0 Å². The molecule has 4 heteroatoms. The van der Waals surface area contributed by atoms with Gasteiger partial charge in [-0.1, -0.05) is 0 Å². The standard InChI is InChI=1S/C8H18N2O2/c9-12-6-8(11)4-7-2-1-3-10-5-7/h7-8,10-11H,1-6,9H2. The highest BCUT2D eigenvalue weighted by atomic mass is 16.6. The predicted octanol–water partition coefficient (Wildman–Crippen LogP) is -0.373. The van der Waals surface area contributed by atoms with Crippen molar-refractivity contribution in [1.82, 2.24) is 5.32 Å². The molecule has 2 unspecified atom stereocenters. The number of hydrogen-bond donors (Lipinski definition) is 3. The Morgan fingerprint density at radius 1 is 1.67 bits per heavy atom. The fourth-order valence-corrected chi connectivity index (χ4v) is 1.69. The lowest BCUT2D eigenvalue weighted by Gasteiger charge is -2.24. The Balaban J connectivity index is 2.11. The minimum Gasteiger partial charge on any atom is -0.391 e. The summed E-state index contributed by atoms with van der Waals surface area (Å²) >= 11 is 0. The molecule has 1 heterocycles. The Hall–Kier alpha value is -0.160. The first-order valence-corrected chi connectivity index (χ1v) is 4.53. The molecule has 0 radical (unpaired) electrons. The third kappa shape index (κ3) is 3.49. The molecule has 12 heavy (non-hydrogen) atoms. The first kappa shape index (κ1) is 9.92. The molecule has 0 aromatic rings. The lowest BCUT2D eigenvalue weighted by atomic mass is 9.94. The minimum atomic E-state index is -0.403. The van der Waals surface area contributed by atoms with Gasteiger partial charge in [0.05, 0.1) is 12.7 Å². The molecule has 1 aliphatic rings. The number of nitrogens with two attached hydrogens (primary N) is 1. The molecule has 0 saturated carbocycles. The van der Waals surface area contributed by atoms with E-state index in [0.717, 1.165) is 19.5 Å². The number of aliphatic hydroxyl groups is 1. The van der Waals surface area contributed by atoms with E-state index in [4.69, 9.17) is 5.90 Å². The molecule has 1 fully saturated rings. The Kier molecular flexibility index (Phi) is 4.53. The third-order valence-corrected chi connectivity index (χ3v) is 2.29. The van der Waals surface area contributed by atoms with E-state index in [1.54, 1.807) is 0 Å². The summed E-state index contributed by atoms with van der Waals surface area (Å²) in [6.45, 7) is 2.37. The van der Waals surface area contributed by atoms with Crippen LogP contribution in [0.15, 0.2) is 0 Å². The van der Waals surface area contributed by atoms with Crippen molar-refractivity contribution in [3.8, 4) is 0 Å². The van der Waals surface area contributed by atoms with Crippen molar-refractivity contribution < 1.29 is 9.94 Å². The van der Waals surface area contributed by atoms with E-state index in [9.17, 15) is 5.11 Å². The van der Waals surface area contributed by atoms with Crippen molar-refractivity contribution in [3.05, 3.63) is 0 Å². The van der Waals surface area contributed by atoms with Crippen LogP contribution >= 0.6 is 0 Å². The topological polar surface area (TPSA) is 67.5 Å². The van der Waals surface area contributed by atoms with Gasteiger partial charge in [-0.3, -0.25) is 0 Å². The van der Waals surface area contributed by atoms with Crippen LogP contribution in [-0.4, -0.2) is 30.9 Å². The van der Waals surface area contributed by atoms with Crippen LogP contribution in [0.25, 0.3) is 0 Å². The van der Waals surface area contributed by atoms with E-state index in [-0.39, 0.29) is 6.61 Å². The maximum absolute atomic E-state index is 9.37. The summed E-state index contributed by atoms with van der Waals surface area (Å²) in [5.74, 6) is 5.45. The molecule has 2 atom stereocenters. The van der Waals surface area contributed by atoms with E-state index in [0.29, 0.717) is 5.92 Å². The van der Waals surface area contributed by atoms with Crippen molar-refractivity contribution in [3.63, 3.8) is 0 Å². The van der Waals surface area contributed by atoms with Crippen LogP contribution in [-0.2, 0) is 4.84 Å². The van der Waals surface area contributed by atoms with Gasteiger partial charge in [-0.25, -0.2) is 5.90 Å². The van der Waals surface area contributed by atoms with Gasteiger partial charge in [0, 0.05) is 0 Å². The quantitative estimate of drug-likeness (QED) is 0.509. The number of rotatable bonds is 4. The fraction of sp³-hybridized carbons (Fsp3) is 1.00. The van der Waals surface area contributed by atoms with Crippen molar-refractivity contribution in [2.24, 2.45) is 11.8 Å². The van der Waals surface area contributed by atoms with Crippen molar-refractivity contribution in [2.45, 2.75) is 25.4 Å². The summed E-state index contributed by atoms with van der Waals surface area (Å²) in [5.41, 5.74) is 0. The van der Waals surface area contributed by atoms with E-state index in [1.165, 1.54) is 12.8 Å². The summed E-state index contributed by atoms with van der Waals surface area (Å²) < 4.78 is 0. The summed E-state index contributed by atoms with van der Waals surface area (Å²) in [6, 6.07) is 0. The smallest absolute Gasteiger partial charge is 0.0938 e. The molecule has 0 aromatic heterocycles. The summed E-state index contributed by atoms with van der Waals surface area (Å²) in [7, 11) is 0. The second-order valence-electron chi connectivity index (χ2n) is 3.44. The van der Waals surface area contributed by atoms with Crippen LogP contribution in [0.4, 0.5) is 0 Å². The van der Waals surface area contributed by atoms with Crippen LogP contribution in [0.3, 0.4) is 0 Å². The van der Waals surface area contributed by atoms with E-state index in [2.05, 4.69) is 10.2 Å². The van der Waals surface area contributed by atoms with Crippen LogP contribution in [0.1, 0.15) is 19.3 Å². The molecule has 0 aromatic carbocycles. The zero-order valence-corrected chi connectivity index (χ0v) is 7.33. The maximum atomic E-state index is 9.37. The largest absolute Gasteiger partial charge is 0.391 e. The zero-order valence-electron chi connectivity index (χ0n) is 7.33. The lowest BCUT2D eigenvalue weighted by molar-refractivity contribution is 0.0217. The molecule has 1 rings (SSSR count). The Bertz CT molecular complexity index is 116. The summed E-state index contributed by atoms with van der Waals surface area (Å²) in [5, 5.41) is 12.7. The lowest BCUT2D eigenvalue weighted by Crippen LogP contribution is -2.33. The molecular weight excluding hydrogens is 156 g/mol. The molecule has 0 spiro atoms. The SMILES string of the molecule is NOCC(O)CC1CCCNC1. The van der Waals surface area contributed by atoms with Crippen LogP contribution < -0.4 is 11.2 Å². The number of hydrogen-bond acceptors (Lipinski definition) is 4. The Morgan fingerprint density at radius 3 is 3.08 bits per heavy atom. The Labute approximate surface area is 73.0 Å². The third-order valence-electron chi connectivity index (χ3n) is 2.29. The van der Waals surface area contributed by atoms with Crippen LogP contribution in [0.5, 0.6) is 0 Å². The van der Waals surface area contributed by atoms with Crippen LogP contribution in [0, 0.1) is 5.92 Å².